The van der Waals surface area contributed by atoms with E-state index in [9.17, 15) is 5.11 Å². The molecular formula is C15H20O5S. The highest BCUT2D eigenvalue weighted by atomic mass is 32.2. The lowest BCUT2D eigenvalue weighted by Crippen LogP contribution is -2.61. The van der Waals surface area contributed by atoms with Crippen LogP contribution in [0.25, 0.3) is 0 Å². The molecule has 5 nitrogen and oxygen atoms in total. The lowest BCUT2D eigenvalue weighted by atomic mass is 10.00. The van der Waals surface area contributed by atoms with E-state index in [-0.39, 0.29) is 11.4 Å². The number of ether oxygens (including phenoxy) is 4. The van der Waals surface area contributed by atoms with Gasteiger partial charge in [0.2, 0.25) is 0 Å². The minimum Gasteiger partial charge on any atom is -0.389 e. The Morgan fingerprint density at radius 3 is 2.67 bits per heavy atom. The van der Waals surface area contributed by atoms with E-state index in [2.05, 4.69) is 0 Å². The van der Waals surface area contributed by atoms with E-state index in [1.807, 2.05) is 36.6 Å². The van der Waals surface area contributed by atoms with Crippen LogP contribution in [0.1, 0.15) is 11.9 Å². The van der Waals surface area contributed by atoms with E-state index >= 15 is 0 Å². The molecule has 1 aromatic carbocycles. The number of aliphatic hydroxyl groups excluding tert-OH is 1. The summed E-state index contributed by atoms with van der Waals surface area (Å²) >= 11 is 1.52. The lowest BCUT2D eigenvalue weighted by Gasteiger charge is -2.47. The van der Waals surface area contributed by atoms with Gasteiger partial charge in [-0.2, -0.15) is 11.8 Å². The highest BCUT2D eigenvalue weighted by Crippen LogP contribution is 2.37. The molecule has 3 rings (SSSR count). The first kappa shape index (κ1) is 15.3. The van der Waals surface area contributed by atoms with Crippen molar-refractivity contribution in [3.63, 3.8) is 0 Å². The summed E-state index contributed by atoms with van der Waals surface area (Å²) in [4.78, 5) is 0. The van der Waals surface area contributed by atoms with Crippen molar-refractivity contribution >= 4 is 11.8 Å². The van der Waals surface area contributed by atoms with Gasteiger partial charge in [-0.3, -0.25) is 0 Å². The highest BCUT2D eigenvalue weighted by Gasteiger charge is 2.49. The van der Waals surface area contributed by atoms with Crippen LogP contribution < -0.4 is 0 Å². The van der Waals surface area contributed by atoms with Gasteiger partial charge < -0.3 is 24.1 Å². The smallest absolute Gasteiger partial charge is 0.184 e. The second kappa shape index (κ2) is 6.64. The minimum atomic E-state index is -0.654. The summed E-state index contributed by atoms with van der Waals surface area (Å²) in [5.41, 5.74) is 0.942. The van der Waals surface area contributed by atoms with Gasteiger partial charge in [0, 0.05) is 12.7 Å². The van der Waals surface area contributed by atoms with Crippen LogP contribution in [0, 0.1) is 0 Å². The molecule has 1 aromatic rings. The number of aliphatic hydroxyl groups is 1. The number of hydrogen-bond donors (Lipinski definition) is 1. The van der Waals surface area contributed by atoms with Gasteiger partial charge in [-0.15, -0.1) is 0 Å². The largest absolute Gasteiger partial charge is 0.389 e. The molecule has 0 aliphatic carbocycles. The fourth-order valence-electron chi connectivity index (χ4n) is 2.79. The van der Waals surface area contributed by atoms with Gasteiger partial charge in [0.1, 0.15) is 12.2 Å². The van der Waals surface area contributed by atoms with E-state index in [1.165, 1.54) is 11.8 Å². The summed E-state index contributed by atoms with van der Waals surface area (Å²) in [6.07, 6.45) is -0.360. The molecule has 2 aliphatic heterocycles. The van der Waals surface area contributed by atoms with Crippen molar-refractivity contribution in [3.05, 3.63) is 35.9 Å². The third-order valence-electron chi connectivity index (χ3n) is 3.89. The van der Waals surface area contributed by atoms with E-state index in [1.54, 1.807) is 7.11 Å². The molecule has 2 aliphatic rings. The fraction of sp³-hybridized carbons (Fsp3) is 0.600. The summed E-state index contributed by atoms with van der Waals surface area (Å²) < 4.78 is 22.8. The second-order valence-electron chi connectivity index (χ2n) is 5.15. The maximum absolute atomic E-state index is 10.6. The molecule has 116 valence electrons. The van der Waals surface area contributed by atoms with Crippen LogP contribution in [0.4, 0.5) is 0 Å². The predicted octanol–water partition coefficient (Wildman–Crippen LogP) is 1.56. The molecule has 21 heavy (non-hydrogen) atoms. The van der Waals surface area contributed by atoms with Crippen LogP contribution in [0.5, 0.6) is 0 Å². The van der Waals surface area contributed by atoms with E-state index in [4.69, 9.17) is 18.9 Å². The Kier molecular flexibility index (Phi) is 4.83. The van der Waals surface area contributed by atoms with Crippen LogP contribution in [0.2, 0.25) is 0 Å². The molecular weight excluding hydrogens is 292 g/mol. The number of rotatable bonds is 3. The maximum atomic E-state index is 10.6. The molecule has 2 fully saturated rings. The van der Waals surface area contributed by atoms with E-state index in [0.29, 0.717) is 6.61 Å². The summed E-state index contributed by atoms with van der Waals surface area (Å²) in [5.74, 6) is 0. The number of methoxy groups -OCH3 is 1. The minimum absolute atomic E-state index is 0.175. The van der Waals surface area contributed by atoms with Crippen molar-refractivity contribution in [3.8, 4) is 0 Å². The molecule has 0 amide bonds. The SMILES string of the molecule is CO[C@H]1O[C@@H]2CO[C@@H](c3ccccc3)O[C@H]2[C@H](O)[C@@H]1SC. The van der Waals surface area contributed by atoms with Crippen LogP contribution in [0.3, 0.4) is 0 Å². The number of fused-ring (bicyclic) bond motifs is 1. The molecule has 0 bridgehead atoms. The van der Waals surface area contributed by atoms with Crippen LogP contribution in [-0.4, -0.2) is 54.9 Å². The monoisotopic (exact) mass is 312 g/mol. The Morgan fingerprint density at radius 1 is 1.24 bits per heavy atom. The molecule has 6 heteroatoms. The molecule has 0 unspecified atom stereocenters. The molecule has 0 saturated carbocycles. The number of benzene rings is 1. The van der Waals surface area contributed by atoms with Crippen molar-refractivity contribution in [2.24, 2.45) is 0 Å². The molecule has 1 N–H and O–H groups in total. The molecule has 0 radical (unpaired) electrons. The van der Waals surface area contributed by atoms with Crippen molar-refractivity contribution in [2.45, 2.75) is 36.1 Å². The van der Waals surface area contributed by atoms with Crippen molar-refractivity contribution in [2.75, 3.05) is 20.0 Å². The maximum Gasteiger partial charge on any atom is 0.184 e. The van der Waals surface area contributed by atoms with Crippen LogP contribution in [-0.2, 0) is 18.9 Å². The molecule has 2 saturated heterocycles. The Hall–Kier alpha value is -0.630. The zero-order chi connectivity index (χ0) is 14.8. The first-order valence-corrected chi connectivity index (χ1v) is 8.24. The number of thioether (sulfide) groups is 1. The lowest BCUT2D eigenvalue weighted by molar-refractivity contribution is -0.332. The molecule has 2 heterocycles. The fourth-order valence-corrected chi connectivity index (χ4v) is 3.62. The summed E-state index contributed by atoms with van der Waals surface area (Å²) in [5, 5.41) is 10.4. The Labute approximate surface area is 128 Å². The van der Waals surface area contributed by atoms with Gasteiger partial charge in [-0.05, 0) is 6.26 Å². The number of hydrogen-bond acceptors (Lipinski definition) is 6. The van der Waals surface area contributed by atoms with Gasteiger partial charge in [0.05, 0.1) is 18.0 Å². The quantitative estimate of drug-likeness (QED) is 0.914. The zero-order valence-electron chi connectivity index (χ0n) is 12.0. The van der Waals surface area contributed by atoms with Gasteiger partial charge in [0.15, 0.2) is 12.6 Å². The van der Waals surface area contributed by atoms with Gasteiger partial charge in [0.25, 0.3) is 0 Å². The first-order valence-electron chi connectivity index (χ1n) is 6.95. The average molecular weight is 312 g/mol. The summed E-state index contributed by atoms with van der Waals surface area (Å²) in [7, 11) is 1.58. The summed E-state index contributed by atoms with van der Waals surface area (Å²) in [6.45, 7) is 0.377. The molecule has 0 aromatic heterocycles. The normalized spacial score (nSPS) is 39.8. The van der Waals surface area contributed by atoms with Crippen LogP contribution >= 0.6 is 11.8 Å². The zero-order valence-corrected chi connectivity index (χ0v) is 12.9. The third-order valence-corrected chi connectivity index (χ3v) is 4.93. The topological polar surface area (TPSA) is 57.2 Å². The second-order valence-corrected chi connectivity index (χ2v) is 6.16. The van der Waals surface area contributed by atoms with E-state index < -0.39 is 24.8 Å². The third kappa shape index (κ3) is 2.97. The van der Waals surface area contributed by atoms with Crippen LogP contribution in [0.15, 0.2) is 30.3 Å². The first-order chi connectivity index (χ1) is 10.2. The van der Waals surface area contributed by atoms with E-state index in [0.717, 1.165) is 5.56 Å². The van der Waals surface area contributed by atoms with Crippen molar-refractivity contribution in [1.29, 1.82) is 0 Å². The van der Waals surface area contributed by atoms with Gasteiger partial charge in [-0.25, -0.2) is 0 Å². The molecule has 0 spiro atoms. The van der Waals surface area contributed by atoms with Gasteiger partial charge >= 0.3 is 0 Å². The average Bonchev–Trinajstić information content (AvgIpc) is 2.55. The predicted molar refractivity (Wildman–Crippen MR) is 79.0 cm³/mol. The summed E-state index contributed by atoms with van der Waals surface area (Å²) in [6, 6.07) is 9.72. The molecule has 6 atom stereocenters. The standard InChI is InChI=1S/C15H20O5S/c1-17-15-13(21-2)11(16)12-10(19-15)8-18-14(20-12)9-6-4-3-5-7-9/h3-7,10-16H,8H2,1-2H3/t10-,11+,12-,13+,14-,15+/m1/s1. The Balaban J connectivity index is 1.75. The Morgan fingerprint density at radius 2 is 2.00 bits per heavy atom. The highest BCUT2D eigenvalue weighted by molar-refractivity contribution is 7.99. The van der Waals surface area contributed by atoms with Crippen molar-refractivity contribution in [1.82, 2.24) is 0 Å². The Bertz CT molecular complexity index is 457. The van der Waals surface area contributed by atoms with Gasteiger partial charge in [-0.1, -0.05) is 30.3 Å². The van der Waals surface area contributed by atoms with Crippen molar-refractivity contribution < 1.29 is 24.1 Å².